The van der Waals surface area contributed by atoms with Crippen LogP contribution in [0, 0.1) is 19.8 Å². The van der Waals surface area contributed by atoms with Crippen LogP contribution in [0.15, 0.2) is 24.3 Å². The molecule has 1 amide bonds. The summed E-state index contributed by atoms with van der Waals surface area (Å²) in [5.41, 5.74) is 4.23. The molecular weight excluding hydrogens is 370 g/mol. The Labute approximate surface area is 171 Å². The van der Waals surface area contributed by atoms with Crippen LogP contribution in [0.4, 0.5) is 0 Å². The molecule has 1 N–H and O–H groups in total. The largest absolute Gasteiger partial charge is 0.481 e. The van der Waals surface area contributed by atoms with Gasteiger partial charge in [-0.05, 0) is 68.9 Å². The number of ether oxygens (including phenoxy) is 1. The molecule has 2 heterocycles. The van der Waals surface area contributed by atoms with Crippen molar-refractivity contribution in [1.29, 1.82) is 0 Å². The number of aliphatic carboxylic acids is 1. The number of carboxylic acid groups (broad SMARTS) is 1. The number of amides is 1. The normalized spacial score (nSPS) is 14.7. The molecule has 0 spiro atoms. The smallest absolute Gasteiger partial charge is 0.303 e. The summed E-state index contributed by atoms with van der Waals surface area (Å²) in [6.07, 6.45) is 2.54. The van der Waals surface area contributed by atoms with Crippen molar-refractivity contribution in [1.82, 2.24) is 14.7 Å². The van der Waals surface area contributed by atoms with E-state index in [1.54, 1.807) is 4.90 Å². The van der Waals surface area contributed by atoms with Gasteiger partial charge in [-0.1, -0.05) is 0 Å². The Morgan fingerprint density at radius 2 is 1.86 bits per heavy atom. The van der Waals surface area contributed by atoms with Crippen molar-refractivity contribution >= 4 is 11.9 Å². The molecule has 1 aliphatic heterocycles. The Balaban J connectivity index is 1.70. The standard InChI is InChI=1S/C22H29N3O4/c1-15-20(8-9-21(26)27)16(2)25(23-15)19-6-4-18(5-7-19)22(28)24(3)14-17-10-12-29-13-11-17/h4-7,17H,8-14H2,1-3H3,(H,26,27). The van der Waals surface area contributed by atoms with Gasteiger partial charge in [0, 0.05) is 44.5 Å². The maximum Gasteiger partial charge on any atom is 0.303 e. The quantitative estimate of drug-likeness (QED) is 0.774. The van der Waals surface area contributed by atoms with Crippen LogP contribution in [0.2, 0.25) is 0 Å². The van der Waals surface area contributed by atoms with Crippen molar-refractivity contribution in [2.75, 3.05) is 26.8 Å². The molecule has 0 radical (unpaired) electrons. The third-order valence-electron chi connectivity index (χ3n) is 5.61. The van der Waals surface area contributed by atoms with Gasteiger partial charge in [0.15, 0.2) is 0 Å². The number of hydrogen-bond donors (Lipinski definition) is 1. The van der Waals surface area contributed by atoms with Gasteiger partial charge in [0.1, 0.15) is 0 Å². The van der Waals surface area contributed by atoms with E-state index in [4.69, 9.17) is 9.84 Å². The summed E-state index contributed by atoms with van der Waals surface area (Å²) >= 11 is 0. The molecule has 0 saturated carbocycles. The second kappa shape index (κ2) is 9.22. The molecule has 29 heavy (non-hydrogen) atoms. The fourth-order valence-electron chi connectivity index (χ4n) is 3.88. The second-order valence-corrected chi connectivity index (χ2v) is 7.74. The molecule has 1 aliphatic rings. The molecule has 7 heteroatoms. The predicted octanol–water partition coefficient (Wildman–Crippen LogP) is 3.00. The monoisotopic (exact) mass is 399 g/mol. The van der Waals surface area contributed by atoms with Crippen LogP contribution in [-0.4, -0.2) is 58.5 Å². The van der Waals surface area contributed by atoms with Crippen molar-refractivity contribution in [2.45, 2.75) is 39.5 Å². The Hall–Kier alpha value is -2.67. The van der Waals surface area contributed by atoms with Crippen molar-refractivity contribution < 1.29 is 19.4 Å². The number of aryl methyl sites for hydroxylation is 1. The van der Waals surface area contributed by atoms with Crippen LogP contribution in [0.3, 0.4) is 0 Å². The third kappa shape index (κ3) is 5.03. The van der Waals surface area contributed by atoms with E-state index in [-0.39, 0.29) is 12.3 Å². The summed E-state index contributed by atoms with van der Waals surface area (Å²) in [4.78, 5) is 25.4. The van der Waals surface area contributed by atoms with Gasteiger partial charge in [-0.25, -0.2) is 4.68 Å². The lowest BCUT2D eigenvalue weighted by molar-refractivity contribution is -0.136. The molecule has 3 rings (SSSR count). The molecule has 1 aromatic heterocycles. The predicted molar refractivity (Wildman–Crippen MR) is 109 cm³/mol. The summed E-state index contributed by atoms with van der Waals surface area (Å²) in [6.45, 7) is 6.13. The first-order valence-electron chi connectivity index (χ1n) is 10.1. The average molecular weight is 399 g/mol. The van der Waals surface area contributed by atoms with Crippen molar-refractivity contribution in [3.05, 3.63) is 46.8 Å². The number of aromatic nitrogens is 2. The minimum Gasteiger partial charge on any atom is -0.481 e. The minimum atomic E-state index is -0.815. The number of carbonyl (C=O) groups is 2. The second-order valence-electron chi connectivity index (χ2n) is 7.74. The number of carboxylic acids is 1. The van der Waals surface area contributed by atoms with Gasteiger partial charge < -0.3 is 14.7 Å². The number of rotatable bonds is 7. The Kier molecular flexibility index (Phi) is 6.69. The van der Waals surface area contributed by atoms with Gasteiger partial charge in [0.25, 0.3) is 5.91 Å². The zero-order chi connectivity index (χ0) is 21.0. The van der Waals surface area contributed by atoms with Crippen molar-refractivity contribution in [3.63, 3.8) is 0 Å². The molecule has 1 fully saturated rings. The van der Waals surface area contributed by atoms with E-state index in [0.29, 0.717) is 17.9 Å². The van der Waals surface area contributed by atoms with E-state index >= 15 is 0 Å². The van der Waals surface area contributed by atoms with E-state index in [9.17, 15) is 9.59 Å². The molecule has 0 unspecified atom stereocenters. The Bertz CT molecular complexity index is 867. The lowest BCUT2D eigenvalue weighted by Gasteiger charge is -2.27. The van der Waals surface area contributed by atoms with Gasteiger partial charge in [-0.15, -0.1) is 0 Å². The summed E-state index contributed by atoms with van der Waals surface area (Å²) in [5, 5.41) is 13.5. The maximum absolute atomic E-state index is 12.8. The van der Waals surface area contributed by atoms with Crippen molar-refractivity contribution in [3.8, 4) is 5.69 Å². The first-order valence-corrected chi connectivity index (χ1v) is 10.1. The van der Waals surface area contributed by atoms with Crippen molar-refractivity contribution in [2.24, 2.45) is 5.92 Å². The zero-order valence-electron chi connectivity index (χ0n) is 17.4. The fourth-order valence-corrected chi connectivity index (χ4v) is 3.88. The first-order chi connectivity index (χ1) is 13.9. The summed E-state index contributed by atoms with van der Waals surface area (Å²) in [6, 6.07) is 7.42. The van der Waals surface area contributed by atoms with Gasteiger partial charge >= 0.3 is 5.97 Å². The average Bonchev–Trinajstić information content (AvgIpc) is 3.00. The van der Waals surface area contributed by atoms with E-state index in [2.05, 4.69) is 5.10 Å². The molecule has 0 aliphatic carbocycles. The topological polar surface area (TPSA) is 84.7 Å². The van der Waals surface area contributed by atoms with Gasteiger partial charge in [0.2, 0.25) is 0 Å². The van der Waals surface area contributed by atoms with Gasteiger partial charge in [0.05, 0.1) is 11.4 Å². The molecular formula is C22H29N3O4. The molecule has 0 atom stereocenters. The number of carbonyl (C=O) groups excluding carboxylic acids is 1. The van der Waals surface area contributed by atoms with Crippen LogP contribution < -0.4 is 0 Å². The van der Waals surface area contributed by atoms with Crippen LogP contribution in [0.25, 0.3) is 5.69 Å². The lowest BCUT2D eigenvalue weighted by Crippen LogP contribution is -2.34. The number of hydrogen-bond acceptors (Lipinski definition) is 4. The van der Waals surface area contributed by atoms with Gasteiger partial charge in [-0.2, -0.15) is 5.10 Å². The highest BCUT2D eigenvalue weighted by Crippen LogP contribution is 2.21. The number of benzene rings is 1. The molecule has 2 aromatic rings. The fraction of sp³-hybridized carbons (Fsp3) is 0.500. The minimum absolute atomic E-state index is 0.0126. The highest BCUT2D eigenvalue weighted by Gasteiger charge is 2.20. The molecule has 1 saturated heterocycles. The highest BCUT2D eigenvalue weighted by atomic mass is 16.5. The Morgan fingerprint density at radius 3 is 2.48 bits per heavy atom. The van der Waals surface area contributed by atoms with E-state index < -0.39 is 5.97 Å². The molecule has 0 bridgehead atoms. The van der Waals surface area contributed by atoms with Crippen LogP contribution in [-0.2, 0) is 16.0 Å². The summed E-state index contributed by atoms with van der Waals surface area (Å²) in [5.74, 6) is -0.307. The summed E-state index contributed by atoms with van der Waals surface area (Å²) < 4.78 is 7.20. The zero-order valence-corrected chi connectivity index (χ0v) is 17.4. The van der Waals surface area contributed by atoms with E-state index in [0.717, 1.165) is 55.2 Å². The highest BCUT2D eigenvalue weighted by molar-refractivity contribution is 5.94. The van der Waals surface area contributed by atoms with Gasteiger partial charge in [-0.3, -0.25) is 9.59 Å². The lowest BCUT2D eigenvalue weighted by atomic mass is 9.99. The molecule has 156 valence electrons. The molecule has 1 aromatic carbocycles. The van der Waals surface area contributed by atoms with E-state index in [1.807, 2.05) is 49.8 Å². The van der Waals surface area contributed by atoms with Crippen LogP contribution in [0.1, 0.15) is 46.6 Å². The first kappa shape index (κ1) is 21.0. The molecule has 7 nitrogen and oxygen atoms in total. The third-order valence-corrected chi connectivity index (χ3v) is 5.61. The number of nitrogens with zero attached hydrogens (tertiary/aromatic N) is 3. The summed E-state index contributed by atoms with van der Waals surface area (Å²) in [7, 11) is 1.85. The SMILES string of the molecule is Cc1nn(-c2ccc(C(=O)N(C)CC3CCOCC3)cc2)c(C)c1CCC(=O)O. The van der Waals surface area contributed by atoms with Crippen LogP contribution in [0.5, 0.6) is 0 Å². The Morgan fingerprint density at radius 1 is 1.21 bits per heavy atom. The van der Waals surface area contributed by atoms with Crippen LogP contribution >= 0.6 is 0 Å². The van der Waals surface area contributed by atoms with E-state index in [1.165, 1.54) is 0 Å². The maximum atomic E-state index is 12.8.